The molecule has 1 saturated heterocycles. The maximum Gasteiger partial charge on any atom is 0.254 e. The number of anilines is 1. The molecule has 0 aromatic heterocycles. The van der Waals surface area contributed by atoms with E-state index in [1.54, 1.807) is 6.07 Å². The summed E-state index contributed by atoms with van der Waals surface area (Å²) in [6.07, 6.45) is 2.19. The third-order valence-electron chi connectivity index (χ3n) is 4.50. The molecule has 2 rings (SSSR count). The van der Waals surface area contributed by atoms with Crippen LogP contribution in [0.2, 0.25) is 0 Å². The Kier molecular flexibility index (Phi) is 4.07. The molecule has 2 N–H and O–H groups in total. The van der Waals surface area contributed by atoms with Crippen LogP contribution in [0.1, 0.15) is 49.5 Å². The van der Waals surface area contributed by atoms with Crippen LogP contribution >= 0.6 is 0 Å². The highest BCUT2D eigenvalue weighted by Gasteiger charge is 2.30. The van der Waals surface area contributed by atoms with E-state index in [4.69, 9.17) is 5.73 Å². The van der Waals surface area contributed by atoms with Crippen molar-refractivity contribution < 1.29 is 4.79 Å². The highest BCUT2D eigenvalue weighted by Crippen LogP contribution is 2.34. The Balaban J connectivity index is 2.07. The molecule has 1 heterocycles. The van der Waals surface area contributed by atoms with Gasteiger partial charge in [-0.1, -0.05) is 26.8 Å². The van der Waals surface area contributed by atoms with Crippen LogP contribution in [0.5, 0.6) is 0 Å². The van der Waals surface area contributed by atoms with Gasteiger partial charge < -0.3 is 10.6 Å². The van der Waals surface area contributed by atoms with Crippen molar-refractivity contribution in [2.75, 3.05) is 18.8 Å². The second-order valence-corrected chi connectivity index (χ2v) is 7.01. The van der Waals surface area contributed by atoms with E-state index < -0.39 is 0 Å². The maximum absolute atomic E-state index is 12.6. The summed E-state index contributed by atoms with van der Waals surface area (Å²) in [5.74, 6) is 0.829. The van der Waals surface area contributed by atoms with Gasteiger partial charge in [-0.15, -0.1) is 0 Å². The topological polar surface area (TPSA) is 46.3 Å². The van der Waals surface area contributed by atoms with Gasteiger partial charge in [0, 0.05) is 24.3 Å². The van der Waals surface area contributed by atoms with Gasteiger partial charge in [0.1, 0.15) is 0 Å². The number of nitrogens with two attached hydrogens (primary N) is 1. The average molecular weight is 274 g/mol. The molecule has 1 amide bonds. The third-order valence-corrected chi connectivity index (χ3v) is 4.50. The van der Waals surface area contributed by atoms with E-state index in [2.05, 4.69) is 20.8 Å². The van der Waals surface area contributed by atoms with E-state index in [0.717, 1.165) is 37.1 Å². The Bertz CT molecular complexity index is 494. The van der Waals surface area contributed by atoms with Crippen molar-refractivity contribution in [1.82, 2.24) is 4.90 Å². The fourth-order valence-corrected chi connectivity index (χ4v) is 2.99. The predicted octanol–water partition coefficient (Wildman–Crippen LogP) is 3.48. The number of aryl methyl sites for hydroxylation is 1. The first-order valence-corrected chi connectivity index (χ1v) is 7.44. The lowest BCUT2D eigenvalue weighted by Crippen LogP contribution is -2.41. The molecule has 1 aromatic carbocycles. The van der Waals surface area contributed by atoms with Crippen LogP contribution < -0.4 is 5.73 Å². The van der Waals surface area contributed by atoms with Crippen molar-refractivity contribution in [3.8, 4) is 0 Å². The molecule has 1 aliphatic heterocycles. The molecule has 110 valence electrons. The Morgan fingerprint density at radius 1 is 1.25 bits per heavy atom. The molecule has 1 fully saturated rings. The predicted molar refractivity (Wildman–Crippen MR) is 83.7 cm³/mol. The Morgan fingerprint density at radius 2 is 1.85 bits per heavy atom. The van der Waals surface area contributed by atoms with Crippen molar-refractivity contribution in [2.24, 2.45) is 11.3 Å². The highest BCUT2D eigenvalue weighted by atomic mass is 16.2. The van der Waals surface area contributed by atoms with E-state index in [9.17, 15) is 4.79 Å². The molecule has 0 unspecified atom stereocenters. The van der Waals surface area contributed by atoms with Crippen LogP contribution in [0, 0.1) is 18.3 Å². The Hall–Kier alpha value is -1.51. The van der Waals surface area contributed by atoms with Crippen molar-refractivity contribution >= 4 is 11.6 Å². The van der Waals surface area contributed by atoms with Gasteiger partial charge >= 0.3 is 0 Å². The molecule has 1 aliphatic rings. The SMILES string of the molecule is Cc1ccc(N)cc1C(=O)N1CCC(C(C)(C)C)CC1. The van der Waals surface area contributed by atoms with Gasteiger partial charge in [0.2, 0.25) is 0 Å². The lowest BCUT2D eigenvalue weighted by atomic mass is 9.75. The number of nitrogen functional groups attached to an aromatic ring is 1. The third kappa shape index (κ3) is 3.14. The summed E-state index contributed by atoms with van der Waals surface area (Å²) in [6, 6.07) is 5.57. The van der Waals surface area contributed by atoms with Gasteiger partial charge in [-0.05, 0) is 48.8 Å². The number of carbonyl (C=O) groups excluding carboxylic acids is 1. The van der Waals surface area contributed by atoms with Gasteiger partial charge in [0.05, 0.1) is 0 Å². The number of likely N-dealkylation sites (tertiary alicyclic amines) is 1. The minimum atomic E-state index is 0.127. The summed E-state index contributed by atoms with van der Waals surface area (Å²) < 4.78 is 0. The average Bonchev–Trinajstić information content (AvgIpc) is 2.40. The zero-order valence-corrected chi connectivity index (χ0v) is 13.1. The van der Waals surface area contributed by atoms with E-state index in [-0.39, 0.29) is 5.91 Å². The van der Waals surface area contributed by atoms with Crippen molar-refractivity contribution in [2.45, 2.75) is 40.5 Å². The highest BCUT2D eigenvalue weighted by molar-refractivity contribution is 5.96. The molecule has 1 aromatic rings. The zero-order valence-electron chi connectivity index (χ0n) is 13.1. The molecule has 0 bridgehead atoms. The lowest BCUT2D eigenvalue weighted by molar-refractivity contribution is 0.0608. The summed E-state index contributed by atoms with van der Waals surface area (Å²) in [4.78, 5) is 14.6. The van der Waals surface area contributed by atoms with Crippen molar-refractivity contribution in [3.63, 3.8) is 0 Å². The number of hydrogen-bond acceptors (Lipinski definition) is 2. The molecule has 0 saturated carbocycles. The minimum absolute atomic E-state index is 0.127. The van der Waals surface area contributed by atoms with Gasteiger partial charge in [-0.2, -0.15) is 0 Å². The number of rotatable bonds is 1. The van der Waals surface area contributed by atoms with Crippen LogP contribution in [0.4, 0.5) is 5.69 Å². The normalized spacial score (nSPS) is 17.3. The quantitative estimate of drug-likeness (QED) is 0.797. The first-order chi connectivity index (χ1) is 9.29. The molecule has 0 atom stereocenters. The summed E-state index contributed by atoms with van der Waals surface area (Å²) in [7, 11) is 0. The van der Waals surface area contributed by atoms with E-state index in [1.807, 2.05) is 24.0 Å². The van der Waals surface area contributed by atoms with E-state index in [1.165, 1.54) is 0 Å². The van der Waals surface area contributed by atoms with Crippen molar-refractivity contribution in [1.29, 1.82) is 0 Å². The summed E-state index contributed by atoms with van der Waals surface area (Å²) in [5, 5.41) is 0. The zero-order chi connectivity index (χ0) is 14.9. The molecule has 0 spiro atoms. The molecular weight excluding hydrogens is 248 g/mol. The minimum Gasteiger partial charge on any atom is -0.399 e. The standard InChI is InChI=1S/C17H26N2O/c1-12-5-6-14(18)11-15(12)16(20)19-9-7-13(8-10-19)17(2,3)4/h5-6,11,13H,7-10,18H2,1-4H3. The smallest absolute Gasteiger partial charge is 0.254 e. The van der Waals surface area contributed by atoms with Gasteiger partial charge in [-0.25, -0.2) is 0 Å². The van der Waals surface area contributed by atoms with E-state index >= 15 is 0 Å². The number of nitrogens with zero attached hydrogens (tertiary/aromatic N) is 1. The number of piperidine rings is 1. The number of benzene rings is 1. The molecule has 20 heavy (non-hydrogen) atoms. The Morgan fingerprint density at radius 3 is 2.40 bits per heavy atom. The van der Waals surface area contributed by atoms with Crippen LogP contribution in [-0.4, -0.2) is 23.9 Å². The van der Waals surface area contributed by atoms with Crippen LogP contribution in [0.3, 0.4) is 0 Å². The van der Waals surface area contributed by atoms with E-state index in [0.29, 0.717) is 17.0 Å². The second kappa shape index (κ2) is 5.47. The Labute approximate surface area is 122 Å². The second-order valence-electron chi connectivity index (χ2n) is 7.01. The number of hydrogen-bond donors (Lipinski definition) is 1. The number of amides is 1. The van der Waals surface area contributed by atoms with Crippen molar-refractivity contribution in [3.05, 3.63) is 29.3 Å². The molecule has 0 aliphatic carbocycles. The monoisotopic (exact) mass is 274 g/mol. The maximum atomic E-state index is 12.6. The van der Waals surface area contributed by atoms with Crippen LogP contribution in [0.25, 0.3) is 0 Å². The molecule has 3 heteroatoms. The lowest BCUT2D eigenvalue weighted by Gasteiger charge is -2.39. The van der Waals surface area contributed by atoms with Gasteiger partial charge in [-0.3, -0.25) is 4.79 Å². The molecule has 0 radical (unpaired) electrons. The summed E-state index contributed by atoms with van der Waals surface area (Å²) in [6.45, 7) is 10.5. The van der Waals surface area contributed by atoms with Crippen LogP contribution in [0.15, 0.2) is 18.2 Å². The molecular formula is C17H26N2O. The number of carbonyl (C=O) groups is 1. The fraction of sp³-hybridized carbons (Fsp3) is 0.588. The largest absolute Gasteiger partial charge is 0.399 e. The van der Waals surface area contributed by atoms with Gasteiger partial charge in [0.15, 0.2) is 0 Å². The summed E-state index contributed by atoms with van der Waals surface area (Å²) in [5.41, 5.74) is 8.55. The van der Waals surface area contributed by atoms with Crippen LogP contribution in [-0.2, 0) is 0 Å². The first-order valence-electron chi connectivity index (χ1n) is 7.44. The molecule has 3 nitrogen and oxygen atoms in total. The van der Waals surface area contributed by atoms with Gasteiger partial charge in [0.25, 0.3) is 5.91 Å². The summed E-state index contributed by atoms with van der Waals surface area (Å²) >= 11 is 0. The fourth-order valence-electron chi connectivity index (χ4n) is 2.99. The first kappa shape index (κ1) is 14.9.